The molecule has 140 valence electrons. The Morgan fingerprint density at radius 1 is 1.15 bits per heavy atom. The highest BCUT2D eigenvalue weighted by molar-refractivity contribution is 5.99. The second-order valence-electron chi connectivity index (χ2n) is 7.33. The summed E-state index contributed by atoms with van der Waals surface area (Å²) in [5.74, 6) is 0.156. The molecule has 5 heteroatoms. The zero-order valence-electron chi connectivity index (χ0n) is 15.6. The van der Waals surface area contributed by atoms with Crippen molar-refractivity contribution in [2.45, 2.75) is 32.2 Å². The van der Waals surface area contributed by atoms with Crippen molar-refractivity contribution in [1.29, 1.82) is 0 Å². The minimum atomic E-state index is 0.0208. The summed E-state index contributed by atoms with van der Waals surface area (Å²) in [6.45, 7) is 4.36. The van der Waals surface area contributed by atoms with E-state index in [1.165, 1.54) is 11.1 Å². The van der Waals surface area contributed by atoms with Crippen LogP contribution >= 0.6 is 0 Å². The van der Waals surface area contributed by atoms with Crippen molar-refractivity contribution < 1.29 is 9.59 Å². The molecule has 2 N–H and O–H groups in total. The molecule has 0 bridgehead atoms. The fourth-order valence-electron chi connectivity index (χ4n) is 3.84. The molecule has 2 aromatic rings. The summed E-state index contributed by atoms with van der Waals surface area (Å²) in [6.07, 6.45) is 1.83. The normalized spacial score (nSPS) is 18.9. The van der Waals surface area contributed by atoms with Gasteiger partial charge in [0.05, 0.1) is 12.8 Å². The van der Waals surface area contributed by atoms with Crippen molar-refractivity contribution in [2.24, 2.45) is 0 Å². The number of piperazine rings is 1. The summed E-state index contributed by atoms with van der Waals surface area (Å²) in [7, 11) is 0. The molecule has 27 heavy (non-hydrogen) atoms. The van der Waals surface area contributed by atoms with Gasteiger partial charge in [-0.15, -0.1) is 0 Å². The van der Waals surface area contributed by atoms with Gasteiger partial charge in [-0.1, -0.05) is 43.3 Å². The summed E-state index contributed by atoms with van der Waals surface area (Å²) in [4.78, 5) is 26.3. The molecule has 2 aromatic carbocycles. The maximum Gasteiger partial charge on any atom is 0.228 e. The van der Waals surface area contributed by atoms with Crippen molar-refractivity contribution in [2.75, 3.05) is 25.0 Å². The van der Waals surface area contributed by atoms with Gasteiger partial charge < -0.3 is 15.5 Å². The van der Waals surface area contributed by atoms with Crippen LogP contribution in [0.15, 0.2) is 42.5 Å². The average molecular weight is 363 g/mol. The zero-order chi connectivity index (χ0) is 18.8. The lowest BCUT2D eigenvalue weighted by Crippen LogP contribution is -2.48. The van der Waals surface area contributed by atoms with Crippen LogP contribution in [0.1, 0.15) is 35.2 Å². The Morgan fingerprint density at radius 2 is 1.93 bits per heavy atom. The molecule has 0 spiro atoms. The molecule has 0 saturated carbocycles. The van der Waals surface area contributed by atoms with Gasteiger partial charge in [-0.05, 0) is 34.7 Å². The maximum atomic E-state index is 12.8. The van der Waals surface area contributed by atoms with E-state index in [0.717, 1.165) is 36.3 Å². The van der Waals surface area contributed by atoms with Crippen molar-refractivity contribution in [3.05, 3.63) is 64.7 Å². The number of carbonyl (C=O) groups excluding carboxylic acids is 2. The fraction of sp³-hybridized carbons (Fsp3) is 0.364. The van der Waals surface area contributed by atoms with Crippen LogP contribution < -0.4 is 10.6 Å². The number of rotatable bonds is 4. The standard InChI is InChI=1S/C22H25N3O2/c1-2-15-3-6-17(7-4-15)20-14-25(10-9-23-20)22(27)12-16-5-8-18-13-21(26)24-19(18)11-16/h3-8,11,20,23H,2,9-10,12-14H2,1H3,(H,24,26). The zero-order valence-corrected chi connectivity index (χ0v) is 15.6. The number of anilines is 1. The molecule has 1 unspecified atom stereocenters. The summed E-state index contributed by atoms with van der Waals surface area (Å²) >= 11 is 0. The van der Waals surface area contributed by atoms with Crippen LogP contribution in [0, 0.1) is 0 Å². The first-order valence-electron chi connectivity index (χ1n) is 9.64. The lowest BCUT2D eigenvalue weighted by Gasteiger charge is -2.34. The van der Waals surface area contributed by atoms with E-state index in [1.807, 2.05) is 23.1 Å². The SMILES string of the molecule is CCc1ccc(C2CN(C(=O)Cc3ccc4c(c3)NC(=O)C4)CCN2)cc1. The number of nitrogens with zero attached hydrogens (tertiary/aromatic N) is 1. The predicted octanol–water partition coefficient (Wildman–Crippen LogP) is 2.46. The van der Waals surface area contributed by atoms with E-state index in [-0.39, 0.29) is 17.9 Å². The third kappa shape index (κ3) is 3.88. The van der Waals surface area contributed by atoms with E-state index < -0.39 is 0 Å². The number of amides is 2. The van der Waals surface area contributed by atoms with Gasteiger partial charge in [0.2, 0.25) is 11.8 Å². The van der Waals surface area contributed by atoms with Crippen molar-refractivity contribution in [3.8, 4) is 0 Å². The summed E-state index contributed by atoms with van der Waals surface area (Å²) in [5, 5.41) is 6.37. The Kier molecular flexibility index (Phi) is 4.94. The molecule has 0 aliphatic carbocycles. The molecule has 5 nitrogen and oxygen atoms in total. The molecular formula is C22H25N3O2. The Bertz CT molecular complexity index is 860. The molecule has 0 radical (unpaired) electrons. The Labute approximate surface area is 159 Å². The van der Waals surface area contributed by atoms with Gasteiger partial charge in [-0.3, -0.25) is 9.59 Å². The highest BCUT2D eigenvalue weighted by atomic mass is 16.2. The molecule has 0 aromatic heterocycles. The van der Waals surface area contributed by atoms with Gasteiger partial charge in [0.15, 0.2) is 0 Å². The monoisotopic (exact) mass is 363 g/mol. The topological polar surface area (TPSA) is 61.4 Å². The van der Waals surface area contributed by atoms with Crippen LogP contribution in [0.2, 0.25) is 0 Å². The first-order chi connectivity index (χ1) is 13.1. The quantitative estimate of drug-likeness (QED) is 0.877. The molecule has 2 heterocycles. The van der Waals surface area contributed by atoms with E-state index >= 15 is 0 Å². The number of aryl methyl sites for hydroxylation is 1. The first kappa shape index (κ1) is 17.7. The van der Waals surface area contributed by atoms with Crippen LogP contribution in [0.25, 0.3) is 0 Å². The molecule has 1 fully saturated rings. The molecule has 4 rings (SSSR count). The highest BCUT2D eigenvalue weighted by Crippen LogP contribution is 2.25. The number of hydrogen-bond donors (Lipinski definition) is 2. The minimum absolute atomic E-state index is 0.0208. The second kappa shape index (κ2) is 7.53. The summed E-state index contributed by atoms with van der Waals surface area (Å²) in [6, 6.07) is 14.7. The maximum absolute atomic E-state index is 12.8. The summed E-state index contributed by atoms with van der Waals surface area (Å²) < 4.78 is 0. The number of hydrogen-bond acceptors (Lipinski definition) is 3. The Morgan fingerprint density at radius 3 is 2.70 bits per heavy atom. The van der Waals surface area contributed by atoms with Crippen LogP contribution in [-0.2, 0) is 28.9 Å². The lowest BCUT2D eigenvalue weighted by atomic mass is 10.0. The molecule has 2 aliphatic rings. The van der Waals surface area contributed by atoms with E-state index in [1.54, 1.807) is 0 Å². The number of carbonyl (C=O) groups is 2. The van der Waals surface area contributed by atoms with Crippen LogP contribution in [0.3, 0.4) is 0 Å². The highest BCUT2D eigenvalue weighted by Gasteiger charge is 2.25. The van der Waals surface area contributed by atoms with E-state index in [9.17, 15) is 9.59 Å². The third-order valence-corrected chi connectivity index (χ3v) is 5.47. The molecular weight excluding hydrogens is 338 g/mol. The number of benzene rings is 2. The summed E-state index contributed by atoms with van der Waals surface area (Å²) in [5.41, 5.74) is 5.35. The Balaban J connectivity index is 1.41. The van der Waals surface area contributed by atoms with Crippen molar-refractivity contribution in [1.82, 2.24) is 10.2 Å². The number of nitrogens with one attached hydrogen (secondary N) is 2. The van der Waals surface area contributed by atoms with Gasteiger partial charge >= 0.3 is 0 Å². The van der Waals surface area contributed by atoms with Crippen molar-refractivity contribution >= 4 is 17.5 Å². The smallest absolute Gasteiger partial charge is 0.228 e. The Hall–Kier alpha value is -2.66. The molecule has 1 atom stereocenters. The van der Waals surface area contributed by atoms with Gasteiger partial charge in [0, 0.05) is 31.4 Å². The third-order valence-electron chi connectivity index (χ3n) is 5.47. The average Bonchev–Trinajstić information content (AvgIpc) is 3.07. The lowest BCUT2D eigenvalue weighted by molar-refractivity contribution is -0.131. The predicted molar refractivity (Wildman–Crippen MR) is 106 cm³/mol. The van der Waals surface area contributed by atoms with Gasteiger partial charge in [-0.25, -0.2) is 0 Å². The van der Waals surface area contributed by atoms with Crippen molar-refractivity contribution in [3.63, 3.8) is 0 Å². The minimum Gasteiger partial charge on any atom is -0.339 e. The molecule has 1 saturated heterocycles. The fourth-order valence-corrected chi connectivity index (χ4v) is 3.84. The van der Waals surface area contributed by atoms with Crippen LogP contribution in [0.4, 0.5) is 5.69 Å². The van der Waals surface area contributed by atoms with Gasteiger partial charge in [0.1, 0.15) is 0 Å². The molecule has 2 aliphatic heterocycles. The van der Waals surface area contributed by atoms with Gasteiger partial charge in [-0.2, -0.15) is 0 Å². The van der Waals surface area contributed by atoms with E-state index in [0.29, 0.717) is 19.4 Å². The first-order valence-corrected chi connectivity index (χ1v) is 9.64. The second-order valence-corrected chi connectivity index (χ2v) is 7.33. The van der Waals surface area contributed by atoms with E-state index in [4.69, 9.17) is 0 Å². The van der Waals surface area contributed by atoms with Crippen LogP contribution in [0.5, 0.6) is 0 Å². The molecule has 2 amide bonds. The number of fused-ring (bicyclic) bond motifs is 1. The van der Waals surface area contributed by atoms with E-state index in [2.05, 4.69) is 41.8 Å². The van der Waals surface area contributed by atoms with Crippen LogP contribution in [-0.4, -0.2) is 36.3 Å². The largest absolute Gasteiger partial charge is 0.339 e. The van der Waals surface area contributed by atoms with Gasteiger partial charge in [0.25, 0.3) is 0 Å².